The molecule has 3 saturated carbocycles. The van der Waals surface area contributed by atoms with Crippen molar-refractivity contribution in [1.82, 2.24) is 10.6 Å². The Hall–Kier alpha value is -3.81. The predicted octanol–water partition coefficient (Wildman–Crippen LogP) is 12.3. The number of ether oxygens (including phenoxy) is 3. The summed E-state index contributed by atoms with van der Waals surface area (Å²) in [5, 5.41) is 5.70. The van der Waals surface area contributed by atoms with Gasteiger partial charge in [-0.25, -0.2) is 14.4 Å². The maximum atomic E-state index is 14.1. The van der Waals surface area contributed by atoms with Gasteiger partial charge in [0.2, 0.25) is 0 Å². The molecule has 0 heterocycles. The fraction of sp³-hybridized carbons (Fsp3) is 0.673. The molecule has 0 spiro atoms. The first-order chi connectivity index (χ1) is 28.5. The number of esters is 1. The van der Waals surface area contributed by atoms with Gasteiger partial charge in [-0.1, -0.05) is 108 Å². The van der Waals surface area contributed by atoms with Gasteiger partial charge in [0, 0.05) is 18.9 Å². The first-order valence-corrected chi connectivity index (χ1v) is 23.5. The molecule has 8 atom stereocenters. The summed E-state index contributed by atoms with van der Waals surface area (Å²) in [5.41, 5.74) is 6.33. The zero-order valence-corrected chi connectivity index (χ0v) is 38.0. The highest BCUT2D eigenvalue weighted by Crippen LogP contribution is 2.71. The van der Waals surface area contributed by atoms with Crippen LogP contribution in [0.3, 0.4) is 0 Å². The molecule has 0 bridgehead atoms. The zero-order valence-electron chi connectivity index (χ0n) is 38.0. The zero-order chi connectivity index (χ0) is 42.9. The van der Waals surface area contributed by atoms with Gasteiger partial charge < -0.3 is 24.8 Å². The van der Waals surface area contributed by atoms with E-state index in [-0.39, 0.29) is 24.0 Å². The molecule has 3 fully saturated rings. The topological polar surface area (TPSA) is 103 Å². The monoisotopic (exact) mass is 823 g/mol. The number of allylic oxidation sites excluding steroid dienone is 1. The van der Waals surface area contributed by atoms with Crippen LogP contribution in [0.5, 0.6) is 0 Å². The fourth-order valence-electron chi connectivity index (χ4n) is 13.0. The molecule has 2 amide bonds. The summed E-state index contributed by atoms with van der Waals surface area (Å²) < 4.78 is 17.6. The Balaban J connectivity index is 0.985. The number of hydrogen-bond donors (Lipinski definition) is 2. The lowest BCUT2D eigenvalue weighted by molar-refractivity contribution is -0.155. The molecule has 0 aromatic heterocycles. The second-order valence-corrected chi connectivity index (χ2v) is 21.4. The quantitative estimate of drug-likeness (QED) is 0.0851. The van der Waals surface area contributed by atoms with Crippen LogP contribution in [0.15, 0.2) is 60.2 Å². The number of benzene rings is 2. The minimum Gasteiger partial charge on any atom is -0.461 e. The van der Waals surface area contributed by atoms with Crippen LogP contribution in [0.2, 0.25) is 0 Å². The average Bonchev–Trinajstić information content (AvgIpc) is 3.70. The number of amides is 2. The molecule has 328 valence electrons. The Kier molecular flexibility index (Phi) is 13.2. The second-order valence-electron chi connectivity index (χ2n) is 21.4. The van der Waals surface area contributed by atoms with Crippen molar-refractivity contribution in [2.24, 2.45) is 39.9 Å². The molecule has 0 aliphatic heterocycles. The average molecular weight is 823 g/mol. The van der Waals surface area contributed by atoms with Crippen LogP contribution < -0.4 is 10.6 Å². The Morgan fingerprint density at radius 1 is 0.800 bits per heavy atom. The number of fused-ring (bicyclic) bond motifs is 8. The van der Waals surface area contributed by atoms with Crippen molar-refractivity contribution in [1.29, 1.82) is 0 Å². The summed E-state index contributed by atoms with van der Waals surface area (Å²) in [6.07, 6.45) is 16.0. The second kappa shape index (κ2) is 17.9. The van der Waals surface area contributed by atoms with E-state index >= 15 is 0 Å². The first kappa shape index (κ1) is 44.3. The van der Waals surface area contributed by atoms with Crippen LogP contribution in [0.25, 0.3) is 11.1 Å². The summed E-state index contributed by atoms with van der Waals surface area (Å²) >= 11 is 0. The molecule has 0 radical (unpaired) electrons. The van der Waals surface area contributed by atoms with E-state index in [1.54, 1.807) is 0 Å². The van der Waals surface area contributed by atoms with Crippen molar-refractivity contribution in [3.05, 3.63) is 71.3 Å². The number of hydrogen-bond acceptors (Lipinski definition) is 6. The normalized spacial score (nSPS) is 29.9. The van der Waals surface area contributed by atoms with Crippen LogP contribution in [0.4, 0.5) is 9.59 Å². The van der Waals surface area contributed by atoms with Gasteiger partial charge in [0.05, 0.1) is 0 Å². The minimum absolute atomic E-state index is 0.0858. The molecule has 2 aromatic carbocycles. The summed E-state index contributed by atoms with van der Waals surface area (Å²) in [6, 6.07) is 15.6. The largest absolute Gasteiger partial charge is 0.461 e. The van der Waals surface area contributed by atoms with E-state index in [0.717, 1.165) is 65.7 Å². The van der Waals surface area contributed by atoms with E-state index in [9.17, 15) is 14.4 Å². The number of carbonyl (C=O) groups excluding carboxylic acids is 3. The number of unbranched alkanes of at least 4 members (excludes halogenated alkanes) is 1. The van der Waals surface area contributed by atoms with Gasteiger partial charge in [-0.05, 0) is 154 Å². The molecule has 2 aromatic rings. The Morgan fingerprint density at radius 2 is 1.50 bits per heavy atom. The lowest BCUT2D eigenvalue weighted by Crippen LogP contribution is -2.56. The van der Waals surface area contributed by atoms with Crippen LogP contribution in [0, 0.1) is 39.9 Å². The van der Waals surface area contributed by atoms with Gasteiger partial charge in [0.15, 0.2) is 0 Å². The van der Waals surface area contributed by atoms with Crippen molar-refractivity contribution in [3.63, 3.8) is 0 Å². The lowest BCUT2D eigenvalue weighted by atomic mass is 9.41. The fourth-order valence-corrected chi connectivity index (χ4v) is 13.0. The summed E-state index contributed by atoms with van der Waals surface area (Å²) in [6.45, 7) is 18.6. The molecular formula is C52H74N2O6. The molecule has 5 aliphatic rings. The van der Waals surface area contributed by atoms with E-state index in [1.807, 2.05) is 45.0 Å². The van der Waals surface area contributed by atoms with Gasteiger partial charge in [-0.15, -0.1) is 0 Å². The Labute approximate surface area is 360 Å². The highest BCUT2D eigenvalue weighted by molar-refractivity contribution is 5.82. The highest BCUT2D eigenvalue weighted by atomic mass is 16.6. The van der Waals surface area contributed by atoms with Crippen molar-refractivity contribution < 1.29 is 28.6 Å². The number of nitrogens with one attached hydrogen (secondary N) is 2. The van der Waals surface area contributed by atoms with Crippen LogP contribution in [0.1, 0.15) is 162 Å². The molecule has 5 aliphatic carbocycles. The van der Waals surface area contributed by atoms with Crippen LogP contribution in [-0.4, -0.2) is 49.1 Å². The van der Waals surface area contributed by atoms with Gasteiger partial charge in [0.1, 0.15) is 24.4 Å². The van der Waals surface area contributed by atoms with Crippen molar-refractivity contribution in [2.45, 2.75) is 169 Å². The number of rotatable bonds is 14. The van der Waals surface area contributed by atoms with Gasteiger partial charge in [-0.2, -0.15) is 0 Å². The van der Waals surface area contributed by atoms with E-state index in [1.165, 1.54) is 50.5 Å². The summed E-state index contributed by atoms with van der Waals surface area (Å²) in [5.74, 6) is 2.54. The number of carbonyl (C=O) groups is 3. The Bertz CT molecular complexity index is 1850. The molecule has 2 N–H and O–H groups in total. The predicted molar refractivity (Wildman–Crippen MR) is 238 cm³/mol. The van der Waals surface area contributed by atoms with E-state index in [0.29, 0.717) is 42.6 Å². The molecular weight excluding hydrogens is 749 g/mol. The molecule has 8 heteroatoms. The minimum atomic E-state index is -0.869. The van der Waals surface area contributed by atoms with Gasteiger partial charge in [0.25, 0.3) is 0 Å². The van der Waals surface area contributed by atoms with Crippen molar-refractivity contribution in [3.8, 4) is 11.1 Å². The van der Waals surface area contributed by atoms with E-state index in [4.69, 9.17) is 14.2 Å². The third-order valence-electron chi connectivity index (χ3n) is 15.9. The highest BCUT2D eigenvalue weighted by Gasteiger charge is 2.63. The SMILES string of the molecule is CC(C)CCCC1CC[C@H]2[C@]3(C)CC=C4CC(OC(=O)C(CCCCNC(=O)OC(C)(C)C)NC(=O)OCC5c6ccccc6-c6ccccc65)CC[C@]4(C)[C@H]3CC[C@]12C. The molecule has 0 saturated heterocycles. The van der Waals surface area contributed by atoms with Crippen LogP contribution >= 0.6 is 0 Å². The maximum absolute atomic E-state index is 14.1. The summed E-state index contributed by atoms with van der Waals surface area (Å²) in [7, 11) is 0. The smallest absolute Gasteiger partial charge is 0.407 e. The molecule has 3 unspecified atom stereocenters. The summed E-state index contributed by atoms with van der Waals surface area (Å²) in [4.78, 5) is 39.8. The molecule has 60 heavy (non-hydrogen) atoms. The Morgan fingerprint density at radius 3 is 2.18 bits per heavy atom. The van der Waals surface area contributed by atoms with Crippen molar-refractivity contribution >= 4 is 18.2 Å². The van der Waals surface area contributed by atoms with Gasteiger partial charge >= 0.3 is 18.2 Å². The van der Waals surface area contributed by atoms with E-state index < -0.39 is 29.8 Å². The van der Waals surface area contributed by atoms with E-state index in [2.05, 4.69) is 75.6 Å². The third-order valence-corrected chi connectivity index (χ3v) is 15.9. The maximum Gasteiger partial charge on any atom is 0.407 e. The van der Waals surface area contributed by atoms with Crippen LogP contribution in [-0.2, 0) is 19.0 Å². The third kappa shape index (κ3) is 9.19. The first-order valence-electron chi connectivity index (χ1n) is 23.5. The van der Waals surface area contributed by atoms with Crippen molar-refractivity contribution in [2.75, 3.05) is 13.2 Å². The number of alkyl carbamates (subject to hydrolysis) is 2. The standard InChI is InChI=1S/C52H74N2O6/c1-34(2)16-15-17-35-23-24-44-50(35,6)30-27-45-51(7)29-26-37(32-36(51)25-28-52(44,45)8)59-46(55)43(22-13-14-31-53-47(56)60-49(3,4)5)54-48(57)58-33-42-40-20-11-9-18-38(40)39-19-10-12-21-41(39)42/h9-12,18-21,25,34-35,37,42-45H,13-17,22-24,26-33H2,1-8H3,(H,53,56)(H,54,57)/t35?,37?,43?,44-,45-,50-,51+,52+/m1/s1. The van der Waals surface area contributed by atoms with Gasteiger partial charge in [-0.3, -0.25) is 0 Å². The molecule has 8 nitrogen and oxygen atoms in total. The molecule has 7 rings (SSSR count). The lowest BCUT2D eigenvalue weighted by Gasteiger charge is -2.63.